The Bertz CT molecular complexity index is 1260. The number of aromatic nitrogens is 1. The number of rotatable bonds is 4. The summed E-state index contributed by atoms with van der Waals surface area (Å²) in [7, 11) is 2.83. The number of hydrogen-bond acceptors (Lipinski definition) is 8. The Hall–Kier alpha value is -3.24. The zero-order chi connectivity index (χ0) is 22.6. The van der Waals surface area contributed by atoms with Crippen LogP contribution >= 0.6 is 23.1 Å². The zero-order valence-electron chi connectivity index (χ0n) is 17.0. The van der Waals surface area contributed by atoms with E-state index < -0.39 is 17.1 Å². The second-order valence-corrected chi connectivity index (χ2v) is 9.54. The number of aromatic hydroxyl groups is 1. The lowest BCUT2D eigenvalue weighted by Crippen LogP contribution is -2.32. The monoisotopic (exact) mass is 470 g/mol. The third kappa shape index (κ3) is 3.01. The highest BCUT2D eigenvalue weighted by molar-refractivity contribution is 8.00. The predicted molar refractivity (Wildman–Crippen MR) is 120 cm³/mol. The number of aromatic amines is 1. The SMILES string of the molecule is COc1cc(C2c3sc(=O)[nH]c3SC3C(=O)N(c4ccccc4)C(=O)C32)cc(OC)c1O. The van der Waals surface area contributed by atoms with Gasteiger partial charge in [0.05, 0.1) is 30.9 Å². The number of carbonyl (C=O) groups is 2. The summed E-state index contributed by atoms with van der Waals surface area (Å²) in [5.74, 6) is -1.79. The average molecular weight is 471 g/mol. The average Bonchev–Trinajstić information content (AvgIpc) is 3.29. The Balaban J connectivity index is 1.70. The summed E-state index contributed by atoms with van der Waals surface area (Å²) < 4.78 is 10.6. The van der Waals surface area contributed by atoms with Crippen LogP contribution in [0.3, 0.4) is 0 Å². The minimum absolute atomic E-state index is 0.164. The molecular weight excluding hydrogens is 452 g/mol. The number of thioether (sulfide) groups is 1. The Morgan fingerprint density at radius 3 is 2.28 bits per heavy atom. The van der Waals surface area contributed by atoms with Crippen LogP contribution in [0.1, 0.15) is 16.4 Å². The first-order valence-electron chi connectivity index (χ1n) is 9.72. The Morgan fingerprint density at radius 1 is 1.00 bits per heavy atom. The predicted octanol–water partition coefficient (Wildman–Crippen LogP) is 2.96. The molecule has 1 saturated heterocycles. The van der Waals surface area contributed by atoms with Gasteiger partial charge in [-0.2, -0.15) is 0 Å². The summed E-state index contributed by atoms with van der Waals surface area (Å²) in [5.41, 5.74) is 1.12. The molecule has 2 aromatic carbocycles. The van der Waals surface area contributed by atoms with Gasteiger partial charge in [-0.05, 0) is 29.8 Å². The van der Waals surface area contributed by atoms with Crippen LogP contribution in [-0.4, -0.2) is 41.4 Å². The first kappa shape index (κ1) is 20.7. The number of fused-ring (bicyclic) bond motifs is 2. The van der Waals surface area contributed by atoms with E-state index in [1.54, 1.807) is 36.4 Å². The van der Waals surface area contributed by atoms with Crippen LogP contribution in [0, 0.1) is 5.92 Å². The minimum atomic E-state index is -0.731. The van der Waals surface area contributed by atoms with Gasteiger partial charge in [0.15, 0.2) is 11.5 Å². The molecule has 2 aliphatic rings. The van der Waals surface area contributed by atoms with E-state index in [-0.39, 0.29) is 33.9 Å². The number of anilines is 1. The van der Waals surface area contributed by atoms with Crippen molar-refractivity contribution in [3.8, 4) is 17.2 Å². The van der Waals surface area contributed by atoms with Crippen molar-refractivity contribution in [3.05, 3.63) is 62.6 Å². The standard InChI is InChI=1S/C22H18N2O6S2/c1-29-12-8-10(9-13(30-2)16(12)25)14-15-18(31-19-17(14)32-22(28)23-19)21(27)24(20(15)26)11-6-4-3-5-7-11/h3-9,14-15,18,25H,1-2H3,(H,23,28). The highest BCUT2D eigenvalue weighted by Gasteiger charge is 2.56. The summed E-state index contributed by atoms with van der Waals surface area (Å²) in [6.07, 6.45) is 0. The van der Waals surface area contributed by atoms with Crippen LogP contribution in [0.2, 0.25) is 0 Å². The number of hydrogen-bond donors (Lipinski definition) is 2. The molecule has 2 aliphatic heterocycles. The highest BCUT2D eigenvalue weighted by atomic mass is 32.2. The molecule has 0 saturated carbocycles. The lowest BCUT2D eigenvalue weighted by atomic mass is 9.83. The third-order valence-corrected chi connectivity index (χ3v) is 8.10. The lowest BCUT2D eigenvalue weighted by Gasteiger charge is -2.30. The van der Waals surface area contributed by atoms with E-state index in [1.165, 1.54) is 30.9 Å². The van der Waals surface area contributed by atoms with Crippen LogP contribution in [0.25, 0.3) is 0 Å². The van der Waals surface area contributed by atoms with Gasteiger partial charge in [0, 0.05) is 10.8 Å². The lowest BCUT2D eigenvalue weighted by molar-refractivity contribution is -0.122. The largest absolute Gasteiger partial charge is 0.502 e. The number of nitrogens with zero attached hydrogens (tertiary/aromatic N) is 1. The third-order valence-electron chi connectivity index (χ3n) is 5.70. The Morgan fingerprint density at radius 2 is 1.66 bits per heavy atom. The van der Waals surface area contributed by atoms with E-state index in [0.29, 0.717) is 21.2 Å². The number of benzene rings is 2. The molecule has 164 valence electrons. The fourth-order valence-electron chi connectivity index (χ4n) is 4.30. The van der Waals surface area contributed by atoms with Gasteiger partial charge in [-0.25, -0.2) is 4.90 Å². The number of amides is 2. The van der Waals surface area contributed by atoms with E-state index >= 15 is 0 Å². The molecule has 32 heavy (non-hydrogen) atoms. The van der Waals surface area contributed by atoms with Gasteiger partial charge in [-0.1, -0.05) is 41.3 Å². The Labute approximate surface area is 190 Å². The van der Waals surface area contributed by atoms with Gasteiger partial charge in [0.25, 0.3) is 0 Å². The number of H-pyrrole nitrogens is 1. The van der Waals surface area contributed by atoms with Gasteiger partial charge in [-0.3, -0.25) is 14.4 Å². The number of para-hydroxylation sites is 1. The van der Waals surface area contributed by atoms with E-state index in [0.717, 1.165) is 11.3 Å². The zero-order valence-corrected chi connectivity index (χ0v) is 18.7. The molecule has 0 spiro atoms. The number of methoxy groups -OCH3 is 2. The van der Waals surface area contributed by atoms with E-state index in [2.05, 4.69) is 4.98 Å². The number of ether oxygens (including phenoxy) is 2. The summed E-state index contributed by atoms with van der Waals surface area (Å²) >= 11 is 2.23. The quantitative estimate of drug-likeness (QED) is 0.564. The van der Waals surface area contributed by atoms with Crippen molar-refractivity contribution in [2.24, 2.45) is 5.92 Å². The van der Waals surface area contributed by atoms with Crippen molar-refractivity contribution in [1.82, 2.24) is 4.98 Å². The number of thiazole rings is 1. The fraction of sp³-hybridized carbons (Fsp3) is 0.227. The smallest absolute Gasteiger partial charge is 0.305 e. The maximum absolute atomic E-state index is 13.6. The summed E-state index contributed by atoms with van der Waals surface area (Å²) in [5, 5.41) is 10.2. The molecule has 0 bridgehead atoms. The minimum Gasteiger partial charge on any atom is -0.502 e. The van der Waals surface area contributed by atoms with Crippen LogP contribution in [-0.2, 0) is 9.59 Å². The molecular formula is C22H18N2O6S2. The van der Waals surface area contributed by atoms with Crippen molar-refractivity contribution in [1.29, 1.82) is 0 Å². The van der Waals surface area contributed by atoms with Gasteiger partial charge in [0.1, 0.15) is 5.25 Å². The number of nitrogens with one attached hydrogen (secondary N) is 1. The molecule has 3 atom stereocenters. The van der Waals surface area contributed by atoms with Gasteiger partial charge in [-0.15, -0.1) is 0 Å². The summed E-state index contributed by atoms with van der Waals surface area (Å²) in [4.78, 5) is 43.6. The molecule has 10 heteroatoms. The Kier molecular flexibility index (Phi) is 4.98. The maximum Gasteiger partial charge on any atom is 0.305 e. The molecule has 2 amide bonds. The molecule has 3 aromatic rings. The molecule has 5 rings (SSSR count). The molecule has 2 N–H and O–H groups in total. The van der Waals surface area contributed by atoms with Crippen LogP contribution in [0.15, 0.2) is 52.3 Å². The van der Waals surface area contributed by atoms with Crippen molar-refractivity contribution >= 4 is 40.6 Å². The normalized spacial score (nSPS) is 21.9. The van der Waals surface area contributed by atoms with E-state index in [4.69, 9.17) is 9.47 Å². The first-order valence-corrected chi connectivity index (χ1v) is 11.4. The molecule has 1 fully saturated rings. The maximum atomic E-state index is 13.6. The van der Waals surface area contributed by atoms with Crippen molar-refractivity contribution in [3.63, 3.8) is 0 Å². The molecule has 3 heterocycles. The van der Waals surface area contributed by atoms with Crippen molar-refractivity contribution in [2.45, 2.75) is 16.2 Å². The summed E-state index contributed by atoms with van der Waals surface area (Å²) in [6.45, 7) is 0. The van der Waals surface area contributed by atoms with E-state index in [1.807, 2.05) is 6.07 Å². The topological polar surface area (TPSA) is 109 Å². The van der Waals surface area contributed by atoms with Crippen molar-refractivity contribution in [2.75, 3.05) is 19.1 Å². The molecule has 0 aliphatic carbocycles. The number of carbonyl (C=O) groups excluding carboxylic acids is 2. The first-order chi connectivity index (χ1) is 15.4. The number of phenolic OH excluding ortho intramolecular Hbond substituents is 1. The van der Waals surface area contributed by atoms with Crippen LogP contribution in [0.5, 0.6) is 17.2 Å². The van der Waals surface area contributed by atoms with Gasteiger partial charge in [0.2, 0.25) is 17.6 Å². The molecule has 1 aromatic heterocycles. The molecule has 8 nitrogen and oxygen atoms in total. The molecule has 0 radical (unpaired) electrons. The van der Waals surface area contributed by atoms with Crippen molar-refractivity contribution < 1.29 is 24.2 Å². The van der Waals surface area contributed by atoms with Gasteiger partial charge < -0.3 is 19.6 Å². The highest BCUT2D eigenvalue weighted by Crippen LogP contribution is 2.54. The second-order valence-electron chi connectivity index (χ2n) is 7.37. The fourth-order valence-corrected chi connectivity index (χ4v) is 6.82. The van der Waals surface area contributed by atoms with Gasteiger partial charge >= 0.3 is 4.87 Å². The molecule has 3 unspecified atom stereocenters. The van der Waals surface area contributed by atoms with E-state index in [9.17, 15) is 19.5 Å². The second kappa shape index (κ2) is 7.72. The number of imide groups is 1. The number of phenols is 1. The summed E-state index contributed by atoms with van der Waals surface area (Å²) in [6, 6.07) is 12.0. The van der Waals surface area contributed by atoms with Crippen LogP contribution in [0.4, 0.5) is 5.69 Å². The van der Waals surface area contributed by atoms with Crippen LogP contribution < -0.4 is 19.2 Å².